The van der Waals surface area contributed by atoms with E-state index < -0.39 is 0 Å². The fourth-order valence-corrected chi connectivity index (χ4v) is 1.74. The first-order valence-electron chi connectivity index (χ1n) is 4.15. The molecule has 1 saturated carbocycles. The lowest BCUT2D eigenvalue weighted by molar-refractivity contribution is 0.645. The van der Waals surface area contributed by atoms with Crippen LogP contribution in [0.15, 0.2) is 35.2 Å². The topological polar surface area (TPSA) is 26.0 Å². The highest BCUT2D eigenvalue weighted by molar-refractivity contribution is 5.51. The summed E-state index contributed by atoms with van der Waals surface area (Å²) in [6.07, 6.45) is 6.29. The second-order valence-corrected chi connectivity index (χ2v) is 3.63. The van der Waals surface area contributed by atoms with Crippen molar-refractivity contribution >= 4 is 0 Å². The Morgan fingerprint density at radius 2 is 2.42 bits per heavy atom. The van der Waals surface area contributed by atoms with Crippen molar-refractivity contribution in [3.05, 3.63) is 35.2 Å². The van der Waals surface area contributed by atoms with Crippen molar-refractivity contribution in [2.75, 3.05) is 6.54 Å². The Kier molecular flexibility index (Phi) is 1.48. The fraction of sp³-hybridized carbons (Fsp3) is 0.400. The van der Waals surface area contributed by atoms with Crippen molar-refractivity contribution in [3.8, 4) is 0 Å². The van der Waals surface area contributed by atoms with E-state index in [4.69, 9.17) is 5.73 Å². The van der Waals surface area contributed by atoms with Gasteiger partial charge in [0.05, 0.1) is 0 Å². The first-order chi connectivity index (χ1) is 5.67. The van der Waals surface area contributed by atoms with Crippen LogP contribution in [0.4, 0.5) is 4.39 Å². The zero-order chi connectivity index (χ0) is 8.77. The predicted octanol–water partition coefficient (Wildman–Crippen LogP) is 2.07. The molecule has 1 nitrogen and oxygen atoms in total. The molecule has 0 amide bonds. The highest BCUT2D eigenvalue weighted by atomic mass is 19.1. The molecule has 0 aromatic carbocycles. The van der Waals surface area contributed by atoms with Gasteiger partial charge in [-0.3, -0.25) is 0 Å². The Labute approximate surface area is 71.4 Å². The largest absolute Gasteiger partial charge is 0.326 e. The van der Waals surface area contributed by atoms with Crippen molar-refractivity contribution in [1.29, 1.82) is 0 Å². The lowest BCUT2D eigenvalue weighted by atomic mass is 10.1. The van der Waals surface area contributed by atoms with Crippen LogP contribution < -0.4 is 5.73 Å². The van der Waals surface area contributed by atoms with Gasteiger partial charge in [0.1, 0.15) is 5.83 Å². The molecule has 2 rings (SSSR count). The second kappa shape index (κ2) is 2.30. The quantitative estimate of drug-likeness (QED) is 0.632. The first kappa shape index (κ1) is 7.74. The maximum Gasteiger partial charge on any atom is 0.127 e. The Bertz CT molecular complexity index is 312. The molecule has 0 spiro atoms. The normalized spacial score (nSPS) is 32.8. The van der Waals surface area contributed by atoms with Crippen LogP contribution in [0.2, 0.25) is 0 Å². The van der Waals surface area contributed by atoms with Gasteiger partial charge in [0.15, 0.2) is 0 Å². The molecule has 1 fully saturated rings. The molecule has 0 aromatic heterocycles. The summed E-state index contributed by atoms with van der Waals surface area (Å²) >= 11 is 0. The Balaban J connectivity index is 2.46. The maximum absolute atomic E-state index is 13.2. The third-order valence-corrected chi connectivity index (χ3v) is 2.67. The highest BCUT2D eigenvalue weighted by Crippen LogP contribution is 2.56. The van der Waals surface area contributed by atoms with Gasteiger partial charge in [-0.05, 0) is 12.5 Å². The average molecular weight is 165 g/mol. The van der Waals surface area contributed by atoms with Gasteiger partial charge in [0.2, 0.25) is 0 Å². The van der Waals surface area contributed by atoms with E-state index >= 15 is 0 Å². The molecular formula is C10H12FN. The molecule has 2 aliphatic carbocycles. The molecular weight excluding hydrogens is 153 g/mol. The summed E-state index contributed by atoms with van der Waals surface area (Å²) in [6, 6.07) is 0. The van der Waals surface area contributed by atoms with E-state index in [1.54, 1.807) is 6.08 Å². The zero-order valence-electron chi connectivity index (χ0n) is 7.10. The molecule has 1 unspecified atom stereocenters. The van der Waals surface area contributed by atoms with Crippen molar-refractivity contribution < 1.29 is 4.39 Å². The first-order valence-corrected chi connectivity index (χ1v) is 4.15. The Hall–Kier alpha value is -0.890. The molecule has 0 radical (unpaired) electrons. The molecule has 0 bridgehead atoms. The van der Waals surface area contributed by atoms with E-state index in [0.29, 0.717) is 12.1 Å². The third kappa shape index (κ3) is 0.950. The second-order valence-electron chi connectivity index (χ2n) is 3.63. The van der Waals surface area contributed by atoms with Gasteiger partial charge >= 0.3 is 0 Å². The average Bonchev–Trinajstić information content (AvgIpc) is 2.64. The maximum atomic E-state index is 13.2. The lowest BCUT2D eigenvalue weighted by Crippen LogP contribution is -2.04. The number of hydrogen-bond donors (Lipinski definition) is 1. The summed E-state index contributed by atoms with van der Waals surface area (Å²) in [4.78, 5) is 0. The Morgan fingerprint density at radius 3 is 3.08 bits per heavy atom. The molecule has 0 saturated heterocycles. The molecule has 1 atom stereocenters. The smallest absolute Gasteiger partial charge is 0.127 e. The summed E-state index contributed by atoms with van der Waals surface area (Å²) in [6.45, 7) is 2.43. The van der Waals surface area contributed by atoms with Crippen LogP contribution in [0.1, 0.15) is 13.3 Å². The van der Waals surface area contributed by atoms with E-state index in [2.05, 4.69) is 6.92 Å². The van der Waals surface area contributed by atoms with Gasteiger partial charge in [-0.15, -0.1) is 0 Å². The number of rotatable bonds is 1. The number of halogens is 1. The van der Waals surface area contributed by atoms with Crippen LogP contribution in [-0.4, -0.2) is 6.54 Å². The Morgan fingerprint density at radius 1 is 1.67 bits per heavy atom. The van der Waals surface area contributed by atoms with Crippen LogP contribution in [0, 0.1) is 5.41 Å². The summed E-state index contributed by atoms with van der Waals surface area (Å²) in [7, 11) is 0. The van der Waals surface area contributed by atoms with Crippen molar-refractivity contribution in [3.63, 3.8) is 0 Å². The van der Waals surface area contributed by atoms with Gasteiger partial charge in [-0.2, -0.15) is 0 Å². The lowest BCUT2D eigenvalue weighted by Gasteiger charge is -2.00. The molecule has 2 heteroatoms. The standard InChI is InChI=1S/C10H12FN/c1-10-4-2-3-9(11)7(6-12)8(10)5-10/h2-4H,5-6,12H2,1H3. The van der Waals surface area contributed by atoms with Crippen LogP contribution >= 0.6 is 0 Å². The molecule has 2 N–H and O–H groups in total. The summed E-state index contributed by atoms with van der Waals surface area (Å²) in [5.74, 6) is -0.162. The minimum absolute atomic E-state index is 0.110. The van der Waals surface area contributed by atoms with Crippen LogP contribution in [0.25, 0.3) is 0 Å². The fourth-order valence-electron chi connectivity index (χ4n) is 1.74. The highest BCUT2D eigenvalue weighted by Gasteiger charge is 2.44. The van der Waals surface area contributed by atoms with Crippen molar-refractivity contribution in [2.45, 2.75) is 13.3 Å². The van der Waals surface area contributed by atoms with Gasteiger partial charge in [-0.25, -0.2) is 4.39 Å². The van der Waals surface area contributed by atoms with Crippen molar-refractivity contribution in [1.82, 2.24) is 0 Å². The number of fused-ring (bicyclic) bond motifs is 1. The molecule has 0 aromatic rings. The van der Waals surface area contributed by atoms with Crippen LogP contribution in [0.3, 0.4) is 0 Å². The molecule has 0 heterocycles. The monoisotopic (exact) mass is 165 g/mol. The van der Waals surface area contributed by atoms with E-state index in [9.17, 15) is 4.39 Å². The van der Waals surface area contributed by atoms with E-state index in [1.807, 2.05) is 6.08 Å². The third-order valence-electron chi connectivity index (χ3n) is 2.67. The van der Waals surface area contributed by atoms with Gasteiger partial charge in [-0.1, -0.05) is 24.6 Å². The van der Waals surface area contributed by atoms with Crippen LogP contribution in [0.5, 0.6) is 0 Å². The number of allylic oxidation sites excluding steroid dienone is 4. The zero-order valence-corrected chi connectivity index (χ0v) is 7.10. The van der Waals surface area contributed by atoms with Crippen molar-refractivity contribution in [2.24, 2.45) is 11.1 Å². The van der Waals surface area contributed by atoms with Gasteiger partial charge in [0, 0.05) is 17.5 Å². The summed E-state index contributed by atoms with van der Waals surface area (Å²) < 4.78 is 13.2. The predicted molar refractivity (Wildman–Crippen MR) is 47.1 cm³/mol. The van der Waals surface area contributed by atoms with Gasteiger partial charge in [0.25, 0.3) is 0 Å². The molecule has 0 aliphatic heterocycles. The molecule has 12 heavy (non-hydrogen) atoms. The number of hydrogen-bond acceptors (Lipinski definition) is 1. The number of nitrogens with two attached hydrogens (primary N) is 1. The minimum atomic E-state index is -0.162. The van der Waals surface area contributed by atoms with Crippen LogP contribution in [-0.2, 0) is 0 Å². The van der Waals surface area contributed by atoms with E-state index in [0.717, 1.165) is 6.42 Å². The summed E-state index contributed by atoms with van der Waals surface area (Å²) in [5, 5.41) is 0. The van der Waals surface area contributed by atoms with Gasteiger partial charge < -0.3 is 5.73 Å². The minimum Gasteiger partial charge on any atom is -0.326 e. The molecule has 2 aliphatic rings. The SMILES string of the molecule is CC12C=CC=C(F)C(CN)=C1C2. The summed E-state index contributed by atoms with van der Waals surface area (Å²) in [5.41, 5.74) is 7.47. The van der Waals surface area contributed by atoms with E-state index in [-0.39, 0.29) is 11.2 Å². The molecule has 64 valence electrons. The van der Waals surface area contributed by atoms with E-state index in [1.165, 1.54) is 11.6 Å².